The van der Waals surface area contributed by atoms with E-state index in [1.165, 1.54) is 17.0 Å². The fourth-order valence-electron chi connectivity index (χ4n) is 5.34. The van der Waals surface area contributed by atoms with Crippen LogP contribution in [0.4, 0.5) is 14.5 Å². The summed E-state index contributed by atoms with van der Waals surface area (Å²) in [6.07, 6.45) is 2.52. The number of amides is 1. The number of carbonyl (C=O) groups is 1. The molecule has 0 radical (unpaired) electrons. The van der Waals surface area contributed by atoms with Gasteiger partial charge in [0.15, 0.2) is 0 Å². The second-order valence-electron chi connectivity index (χ2n) is 8.88. The van der Waals surface area contributed by atoms with Crippen LogP contribution >= 0.6 is 0 Å². The zero-order chi connectivity index (χ0) is 22.7. The molecule has 1 aromatic heterocycles. The molecule has 0 bridgehead atoms. The van der Waals surface area contributed by atoms with E-state index in [4.69, 9.17) is 0 Å². The monoisotopic (exact) mass is 444 g/mol. The maximum absolute atomic E-state index is 15.3. The number of benzene rings is 3. The van der Waals surface area contributed by atoms with Crippen LogP contribution in [0.25, 0.3) is 22.0 Å². The Morgan fingerprint density at radius 2 is 1.88 bits per heavy atom. The molecule has 1 amide bonds. The van der Waals surface area contributed by atoms with Gasteiger partial charge in [-0.1, -0.05) is 30.3 Å². The van der Waals surface area contributed by atoms with Crippen molar-refractivity contribution in [2.75, 3.05) is 18.0 Å². The molecule has 33 heavy (non-hydrogen) atoms. The van der Waals surface area contributed by atoms with Crippen LogP contribution in [-0.2, 0) is 23.8 Å². The lowest BCUT2D eigenvalue weighted by molar-refractivity contribution is -0.122. The Balaban J connectivity index is 1.40. The highest BCUT2D eigenvalue weighted by Crippen LogP contribution is 2.46. The molecule has 7 heteroatoms. The number of fused-ring (bicyclic) bond motifs is 3. The number of nitrogens with zero attached hydrogens (tertiary/aromatic N) is 3. The van der Waals surface area contributed by atoms with Crippen molar-refractivity contribution in [3.63, 3.8) is 0 Å². The van der Waals surface area contributed by atoms with Gasteiger partial charge in [0, 0.05) is 36.4 Å². The molecule has 0 aliphatic carbocycles. The van der Waals surface area contributed by atoms with E-state index in [0.29, 0.717) is 24.1 Å². The second kappa shape index (κ2) is 7.22. The zero-order valence-corrected chi connectivity index (χ0v) is 18.1. The average Bonchev–Trinajstić information content (AvgIpc) is 3.49. The van der Waals surface area contributed by atoms with E-state index in [0.717, 1.165) is 28.7 Å². The molecular weight excluding hydrogens is 422 g/mol. The first kappa shape index (κ1) is 20.1. The van der Waals surface area contributed by atoms with Crippen molar-refractivity contribution in [3.05, 3.63) is 83.6 Å². The molecule has 3 aromatic carbocycles. The molecule has 1 unspecified atom stereocenters. The largest absolute Gasteiger partial charge is 0.315 e. The number of hydrogen-bond donors (Lipinski definition) is 1. The van der Waals surface area contributed by atoms with Gasteiger partial charge in [-0.25, -0.2) is 8.78 Å². The number of hydrogen-bond acceptors (Lipinski definition) is 3. The molecular formula is C26H22F2N4O. The van der Waals surface area contributed by atoms with Gasteiger partial charge in [0.2, 0.25) is 5.91 Å². The standard InChI is InChI=1S/C26H22F2N4O/c1-31-13-18-17(5-4-7-23(18)30-31)16-11-21(27)19(22(28)12-16)14-32-24-8-3-2-6-20(24)26(25(32)33)9-10-29-15-26/h2-8,11-13,29H,9-10,14-15H2,1H3. The number of halogens is 2. The summed E-state index contributed by atoms with van der Waals surface area (Å²) in [6.45, 7) is 1.14. The first-order valence-electron chi connectivity index (χ1n) is 11.0. The normalized spacial score (nSPS) is 19.7. The highest BCUT2D eigenvalue weighted by Gasteiger charge is 2.52. The fourth-order valence-corrected chi connectivity index (χ4v) is 5.34. The van der Waals surface area contributed by atoms with Crippen LogP contribution in [0.3, 0.4) is 0 Å². The van der Waals surface area contributed by atoms with Crippen molar-refractivity contribution >= 4 is 22.5 Å². The molecule has 6 rings (SSSR count). The Morgan fingerprint density at radius 3 is 2.64 bits per heavy atom. The molecule has 4 aromatic rings. The highest BCUT2D eigenvalue weighted by molar-refractivity contribution is 6.08. The Hall–Kier alpha value is -3.58. The van der Waals surface area contributed by atoms with Gasteiger partial charge in [-0.05, 0) is 53.9 Å². The van der Waals surface area contributed by atoms with Crippen molar-refractivity contribution in [3.8, 4) is 11.1 Å². The second-order valence-corrected chi connectivity index (χ2v) is 8.88. The predicted molar refractivity (Wildman–Crippen MR) is 123 cm³/mol. The van der Waals surface area contributed by atoms with Gasteiger partial charge in [0.25, 0.3) is 0 Å². The van der Waals surface area contributed by atoms with Crippen LogP contribution in [-0.4, -0.2) is 28.8 Å². The van der Waals surface area contributed by atoms with E-state index in [1.54, 1.807) is 4.68 Å². The summed E-state index contributed by atoms with van der Waals surface area (Å²) in [6, 6.07) is 15.8. The van der Waals surface area contributed by atoms with E-state index < -0.39 is 17.0 Å². The number of carbonyl (C=O) groups excluding carboxylic acids is 1. The number of anilines is 1. The molecule has 1 atom stereocenters. The summed E-state index contributed by atoms with van der Waals surface area (Å²) < 4.78 is 32.3. The molecule has 1 fully saturated rings. The molecule has 2 aliphatic heterocycles. The summed E-state index contributed by atoms with van der Waals surface area (Å²) in [4.78, 5) is 15.0. The first-order chi connectivity index (χ1) is 16.0. The van der Waals surface area contributed by atoms with Crippen LogP contribution < -0.4 is 10.2 Å². The maximum Gasteiger partial charge on any atom is 0.239 e. The predicted octanol–water partition coefficient (Wildman–Crippen LogP) is 4.30. The van der Waals surface area contributed by atoms with Gasteiger partial charge in [0.05, 0.1) is 17.5 Å². The molecule has 0 saturated carbocycles. The number of aromatic nitrogens is 2. The molecule has 5 nitrogen and oxygen atoms in total. The van der Waals surface area contributed by atoms with Gasteiger partial charge in [-0.15, -0.1) is 0 Å². The van der Waals surface area contributed by atoms with Gasteiger partial charge in [0.1, 0.15) is 11.6 Å². The molecule has 166 valence electrons. The van der Waals surface area contributed by atoms with Crippen LogP contribution in [0.1, 0.15) is 17.5 Å². The van der Waals surface area contributed by atoms with Gasteiger partial charge < -0.3 is 10.2 Å². The van der Waals surface area contributed by atoms with E-state index in [9.17, 15) is 4.79 Å². The summed E-state index contributed by atoms with van der Waals surface area (Å²) >= 11 is 0. The number of rotatable bonds is 3. The van der Waals surface area contributed by atoms with Gasteiger partial charge in [-0.3, -0.25) is 9.48 Å². The van der Waals surface area contributed by atoms with E-state index >= 15 is 8.78 Å². The highest BCUT2D eigenvalue weighted by atomic mass is 19.1. The van der Waals surface area contributed by atoms with Gasteiger partial charge >= 0.3 is 0 Å². The van der Waals surface area contributed by atoms with E-state index in [1.807, 2.05) is 55.7 Å². The molecule has 1 N–H and O–H groups in total. The molecule has 3 heterocycles. The summed E-state index contributed by atoms with van der Waals surface area (Å²) in [7, 11) is 1.81. The summed E-state index contributed by atoms with van der Waals surface area (Å²) in [5.41, 5.74) is 2.81. The Kier molecular flexibility index (Phi) is 4.39. The molecule has 1 spiro atoms. The van der Waals surface area contributed by atoms with Crippen molar-refractivity contribution in [1.82, 2.24) is 15.1 Å². The van der Waals surface area contributed by atoms with Crippen LogP contribution in [0.15, 0.2) is 60.8 Å². The summed E-state index contributed by atoms with van der Waals surface area (Å²) in [5.74, 6) is -1.43. The quantitative estimate of drug-likeness (QED) is 0.513. The zero-order valence-electron chi connectivity index (χ0n) is 18.1. The van der Waals surface area contributed by atoms with E-state index in [-0.39, 0.29) is 18.0 Å². The Morgan fingerprint density at radius 1 is 1.09 bits per heavy atom. The van der Waals surface area contributed by atoms with Gasteiger partial charge in [-0.2, -0.15) is 5.10 Å². The van der Waals surface area contributed by atoms with Crippen LogP contribution in [0.5, 0.6) is 0 Å². The van der Waals surface area contributed by atoms with Crippen LogP contribution in [0, 0.1) is 11.6 Å². The minimum absolute atomic E-state index is 0.100. The van der Waals surface area contributed by atoms with Crippen LogP contribution in [0.2, 0.25) is 0 Å². The lowest BCUT2D eigenvalue weighted by Gasteiger charge is -2.23. The lowest BCUT2D eigenvalue weighted by atomic mass is 9.81. The number of nitrogens with one attached hydrogen (secondary N) is 1. The maximum atomic E-state index is 15.3. The minimum atomic E-state index is -0.665. The third kappa shape index (κ3) is 2.92. The van der Waals surface area contributed by atoms with Crippen molar-refractivity contribution in [2.45, 2.75) is 18.4 Å². The van der Waals surface area contributed by atoms with Crippen molar-refractivity contribution < 1.29 is 13.6 Å². The molecule has 2 aliphatic rings. The summed E-state index contributed by atoms with van der Waals surface area (Å²) in [5, 5.41) is 8.47. The topological polar surface area (TPSA) is 50.2 Å². The first-order valence-corrected chi connectivity index (χ1v) is 11.0. The number of para-hydroxylation sites is 1. The smallest absolute Gasteiger partial charge is 0.239 e. The lowest BCUT2D eigenvalue weighted by Crippen LogP contribution is -2.41. The Bertz CT molecular complexity index is 1400. The SMILES string of the molecule is Cn1cc2c(-c3cc(F)c(CN4C(=O)C5(CCNC5)c5ccccc54)c(F)c3)cccc2n1. The number of aryl methyl sites for hydroxylation is 1. The minimum Gasteiger partial charge on any atom is -0.315 e. The van der Waals surface area contributed by atoms with Crippen molar-refractivity contribution in [2.24, 2.45) is 7.05 Å². The third-order valence-corrected chi connectivity index (χ3v) is 6.95. The third-order valence-electron chi connectivity index (χ3n) is 6.95. The average molecular weight is 444 g/mol. The molecule has 1 saturated heterocycles. The fraction of sp³-hybridized carbons (Fsp3) is 0.231. The Labute approximate surface area is 189 Å². The van der Waals surface area contributed by atoms with Crippen molar-refractivity contribution in [1.29, 1.82) is 0 Å². The van der Waals surface area contributed by atoms with E-state index in [2.05, 4.69) is 10.4 Å².